The fraction of sp³-hybridized carbons (Fsp3) is 0.306. The number of halogens is 6. The topological polar surface area (TPSA) is 139 Å². The average Bonchev–Trinajstić information content (AvgIpc) is 3.05. The van der Waals surface area contributed by atoms with Crippen LogP contribution in [0.5, 0.6) is 0 Å². The van der Waals surface area contributed by atoms with E-state index >= 15 is 0 Å². The second-order valence-electron chi connectivity index (χ2n) is 13.7. The van der Waals surface area contributed by atoms with Gasteiger partial charge >= 0.3 is 6.18 Å². The Morgan fingerprint density at radius 3 is 1.47 bits per heavy atom. The number of sulfone groups is 2. The second kappa shape index (κ2) is 15.7. The number of hydrogen-bond acceptors (Lipinski definition) is 7. The van der Waals surface area contributed by atoms with Gasteiger partial charge in [-0.2, -0.15) is 13.2 Å². The first-order valence-corrected chi connectivity index (χ1v) is 19.3. The first-order valence-electron chi connectivity index (χ1n) is 15.6. The van der Waals surface area contributed by atoms with Crippen molar-refractivity contribution in [3.63, 3.8) is 0 Å². The highest BCUT2D eigenvalue weighted by Gasteiger charge is 2.44. The van der Waals surface area contributed by atoms with Gasteiger partial charge in [-0.1, -0.05) is 44.0 Å². The van der Waals surface area contributed by atoms with Gasteiger partial charge in [0.2, 0.25) is 11.8 Å². The third-order valence-electron chi connectivity index (χ3n) is 8.02. The Hall–Kier alpha value is -4.05. The van der Waals surface area contributed by atoms with Crippen LogP contribution in [0.2, 0.25) is 10.0 Å². The Morgan fingerprint density at radius 1 is 0.642 bits per heavy atom. The Kier molecular flexibility index (Phi) is 12.9. The molecule has 0 saturated heterocycles. The molecule has 9 nitrogen and oxygen atoms in total. The lowest BCUT2D eigenvalue weighted by Crippen LogP contribution is -2.44. The van der Waals surface area contributed by atoms with Crippen molar-refractivity contribution in [1.29, 1.82) is 0 Å². The summed E-state index contributed by atoms with van der Waals surface area (Å²) < 4.78 is 99.2. The van der Waals surface area contributed by atoms with E-state index in [9.17, 15) is 44.0 Å². The van der Waals surface area contributed by atoms with Crippen LogP contribution in [0.25, 0.3) is 0 Å². The standard InChI is InChI=1S/C19H23ClN2O3S.C17H14ClF4NO3S/c1-18(2,3)16-12-14(10-11-21-16)22-17(23)19(4,5)26(24,25)15-8-6-13(20)7-9-15;1-16(2,27(25,26)12-6-4-11(18)5-7-12)15(24)23-14-8-3-10(9-13(14)19)17(20,21)22/h6-12H,1-5H3,(H,21,22,23);3-9H,1-2H3,(H,23,24). The second-order valence-corrected chi connectivity index (χ2v) is 19.6. The van der Waals surface area contributed by atoms with Gasteiger partial charge < -0.3 is 10.6 Å². The van der Waals surface area contributed by atoms with Gasteiger partial charge in [0.1, 0.15) is 15.3 Å². The van der Waals surface area contributed by atoms with Gasteiger partial charge in [-0.05, 0) is 107 Å². The fourth-order valence-corrected chi connectivity index (χ4v) is 7.34. The molecular formula is C36H37Cl2F4N3O6S2. The molecule has 0 fully saturated rings. The van der Waals surface area contributed by atoms with E-state index in [2.05, 4.69) is 10.3 Å². The van der Waals surface area contributed by atoms with E-state index in [0.717, 1.165) is 25.6 Å². The molecule has 1 aromatic heterocycles. The fourth-order valence-electron chi connectivity index (χ4n) is 4.33. The number of carbonyl (C=O) groups excluding carboxylic acids is 2. The third kappa shape index (κ3) is 9.93. The number of rotatable bonds is 8. The predicted molar refractivity (Wildman–Crippen MR) is 197 cm³/mol. The molecule has 4 rings (SSSR count). The molecule has 4 aromatic rings. The molecule has 0 aliphatic carbocycles. The maximum absolute atomic E-state index is 13.9. The SMILES string of the molecule is CC(C)(C(=O)Nc1ccc(C(F)(F)F)cc1F)S(=O)(=O)c1ccc(Cl)cc1.CC(C)(C)c1cc(NC(=O)C(C)(C)S(=O)(=O)c2ccc(Cl)cc2)ccn1. The van der Waals surface area contributed by atoms with Crippen molar-refractivity contribution in [2.45, 2.75) is 79.3 Å². The van der Waals surface area contributed by atoms with Gasteiger partial charge in [-0.25, -0.2) is 21.2 Å². The highest BCUT2D eigenvalue weighted by atomic mass is 35.5. The van der Waals surface area contributed by atoms with Crippen molar-refractivity contribution in [2.24, 2.45) is 0 Å². The number of amides is 2. The molecule has 2 amide bonds. The zero-order valence-corrected chi connectivity index (χ0v) is 32.7. The lowest BCUT2D eigenvalue weighted by atomic mass is 9.91. The molecule has 53 heavy (non-hydrogen) atoms. The minimum absolute atomic E-state index is 0.0483. The number of alkyl halides is 3. The molecule has 0 spiro atoms. The summed E-state index contributed by atoms with van der Waals surface area (Å²) in [6.45, 7) is 11.0. The molecule has 0 aliphatic rings. The minimum atomic E-state index is -4.75. The lowest BCUT2D eigenvalue weighted by molar-refractivity contribution is -0.137. The van der Waals surface area contributed by atoms with E-state index in [0.29, 0.717) is 21.8 Å². The molecule has 3 aromatic carbocycles. The van der Waals surface area contributed by atoms with Crippen molar-refractivity contribution in [1.82, 2.24) is 4.98 Å². The summed E-state index contributed by atoms with van der Waals surface area (Å²) in [5.41, 5.74) is -0.674. The molecule has 0 bridgehead atoms. The van der Waals surface area contributed by atoms with Gasteiger partial charge in [0, 0.05) is 33.0 Å². The van der Waals surface area contributed by atoms with Crippen LogP contribution in [0, 0.1) is 5.82 Å². The predicted octanol–water partition coefficient (Wildman–Crippen LogP) is 8.91. The van der Waals surface area contributed by atoms with E-state index in [4.69, 9.17) is 23.2 Å². The van der Waals surface area contributed by atoms with Crippen LogP contribution in [0.15, 0.2) is 94.9 Å². The molecule has 0 atom stereocenters. The number of nitrogens with zero attached hydrogens (tertiary/aromatic N) is 1. The van der Waals surface area contributed by atoms with Crippen molar-refractivity contribution in [3.8, 4) is 0 Å². The van der Waals surface area contributed by atoms with Crippen LogP contribution in [0.3, 0.4) is 0 Å². The van der Waals surface area contributed by atoms with Crippen LogP contribution in [0.1, 0.15) is 59.7 Å². The van der Waals surface area contributed by atoms with Crippen LogP contribution in [0.4, 0.5) is 28.9 Å². The summed E-state index contributed by atoms with van der Waals surface area (Å²) in [6, 6.07) is 15.8. The monoisotopic (exact) mass is 817 g/mol. The Balaban J connectivity index is 0.000000286. The van der Waals surface area contributed by atoms with Crippen molar-refractivity contribution >= 4 is 66.1 Å². The Labute approximate surface area is 316 Å². The highest BCUT2D eigenvalue weighted by Crippen LogP contribution is 2.33. The summed E-state index contributed by atoms with van der Waals surface area (Å²) in [4.78, 5) is 29.4. The first kappa shape index (κ1) is 43.4. The number of nitrogens with one attached hydrogen (secondary N) is 2. The van der Waals surface area contributed by atoms with Crippen molar-refractivity contribution in [2.75, 3.05) is 10.6 Å². The molecule has 286 valence electrons. The summed E-state index contributed by atoms with van der Waals surface area (Å²) in [6.07, 6.45) is -3.16. The molecule has 2 N–H and O–H groups in total. The molecule has 0 unspecified atom stereocenters. The number of pyridine rings is 1. The number of aromatic nitrogens is 1. The zero-order chi connectivity index (χ0) is 40.4. The number of carbonyl (C=O) groups is 2. The molecule has 1 heterocycles. The lowest BCUT2D eigenvalue weighted by Gasteiger charge is -2.24. The van der Waals surface area contributed by atoms with Crippen LogP contribution < -0.4 is 10.6 Å². The van der Waals surface area contributed by atoms with Gasteiger partial charge in [-0.15, -0.1) is 0 Å². The molecule has 17 heteroatoms. The molecular weight excluding hydrogens is 781 g/mol. The minimum Gasteiger partial charge on any atom is -0.325 e. The average molecular weight is 819 g/mol. The van der Waals surface area contributed by atoms with Gasteiger partial charge in [-0.3, -0.25) is 14.6 Å². The first-order chi connectivity index (χ1) is 24.1. The summed E-state index contributed by atoms with van der Waals surface area (Å²) in [5, 5.41) is 5.45. The van der Waals surface area contributed by atoms with Crippen LogP contribution in [-0.2, 0) is 40.9 Å². The third-order valence-corrected chi connectivity index (χ3v) is 13.4. The summed E-state index contributed by atoms with van der Waals surface area (Å²) >= 11 is 11.5. The van der Waals surface area contributed by atoms with Crippen molar-refractivity contribution < 1.29 is 44.0 Å². The van der Waals surface area contributed by atoms with E-state index in [1.165, 1.54) is 62.4 Å². The van der Waals surface area contributed by atoms with Gasteiger partial charge in [0.15, 0.2) is 19.7 Å². The number of hydrogen-bond donors (Lipinski definition) is 2. The smallest absolute Gasteiger partial charge is 0.325 e. The zero-order valence-electron chi connectivity index (χ0n) is 29.6. The Bertz CT molecular complexity index is 2210. The van der Waals surface area contributed by atoms with Crippen LogP contribution >= 0.6 is 23.2 Å². The Morgan fingerprint density at radius 2 is 1.08 bits per heavy atom. The maximum atomic E-state index is 13.9. The normalized spacial score (nSPS) is 12.7. The molecule has 0 aliphatic heterocycles. The van der Waals surface area contributed by atoms with E-state index in [-0.39, 0.29) is 21.3 Å². The van der Waals surface area contributed by atoms with Gasteiger partial charge in [0.05, 0.1) is 21.0 Å². The summed E-state index contributed by atoms with van der Waals surface area (Å²) in [5.74, 6) is -3.05. The van der Waals surface area contributed by atoms with Gasteiger partial charge in [0.25, 0.3) is 0 Å². The van der Waals surface area contributed by atoms with E-state index in [1.807, 2.05) is 26.1 Å². The van der Waals surface area contributed by atoms with Crippen molar-refractivity contribution in [3.05, 3.63) is 112 Å². The van der Waals surface area contributed by atoms with Crippen LogP contribution in [-0.4, -0.2) is 43.1 Å². The summed E-state index contributed by atoms with van der Waals surface area (Å²) in [7, 11) is -8.09. The largest absolute Gasteiger partial charge is 0.416 e. The van der Waals surface area contributed by atoms with E-state index in [1.54, 1.807) is 18.3 Å². The quantitative estimate of drug-likeness (QED) is 0.169. The van der Waals surface area contributed by atoms with E-state index < -0.39 is 64.2 Å². The highest BCUT2D eigenvalue weighted by molar-refractivity contribution is 7.94. The number of anilines is 2. The molecule has 0 radical (unpaired) electrons. The maximum Gasteiger partial charge on any atom is 0.416 e. The molecule has 0 saturated carbocycles. The number of benzene rings is 3.